The van der Waals surface area contributed by atoms with Gasteiger partial charge >= 0.3 is 0 Å². The lowest BCUT2D eigenvalue weighted by molar-refractivity contribution is 0.0107. The molecule has 0 spiro atoms. The van der Waals surface area contributed by atoms with Crippen LogP contribution >= 0.6 is 0 Å². The minimum atomic E-state index is 0.453. The minimum absolute atomic E-state index is 0.453. The molecule has 0 aliphatic heterocycles. The van der Waals surface area contributed by atoms with Gasteiger partial charge in [-0.15, -0.1) is 0 Å². The van der Waals surface area contributed by atoms with E-state index >= 15 is 0 Å². The molecule has 0 amide bonds. The molecule has 0 heterocycles. The van der Waals surface area contributed by atoms with E-state index in [1.54, 1.807) is 0 Å². The molecule has 19 heavy (non-hydrogen) atoms. The zero-order valence-corrected chi connectivity index (χ0v) is 15.1. The van der Waals surface area contributed by atoms with Crippen LogP contribution in [-0.4, -0.2) is 0 Å². The summed E-state index contributed by atoms with van der Waals surface area (Å²) in [6.45, 7) is 21.9. The Kier molecular flexibility index (Phi) is 4.56. The molecule has 1 fully saturated rings. The molecule has 114 valence electrons. The molecule has 0 heteroatoms. The molecule has 2 atom stereocenters. The van der Waals surface area contributed by atoms with Gasteiger partial charge in [-0.3, -0.25) is 0 Å². The van der Waals surface area contributed by atoms with Crippen LogP contribution in [-0.2, 0) is 0 Å². The third kappa shape index (κ3) is 6.32. The topological polar surface area (TPSA) is 0 Å². The standard InChI is InChI=1S/C19H38/c1-16(2,3)10-15-11-18(7,8)14-19(9,12-15)13-17(4,5)6/h15H,10-14H2,1-9H3. The maximum absolute atomic E-state index is 2.55. The lowest BCUT2D eigenvalue weighted by Gasteiger charge is -2.50. The van der Waals surface area contributed by atoms with Crippen molar-refractivity contribution in [3.8, 4) is 0 Å². The van der Waals surface area contributed by atoms with Gasteiger partial charge in [-0.1, -0.05) is 62.3 Å². The Morgan fingerprint density at radius 3 is 1.79 bits per heavy atom. The van der Waals surface area contributed by atoms with Gasteiger partial charge in [-0.05, 0) is 59.7 Å². The smallest absolute Gasteiger partial charge is 0.0313 e. The van der Waals surface area contributed by atoms with E-state index in [1.807, 2.05) is 0 Å². The van der Waals surface area contributed by atoms with E-state index in [-0.39, 0.29) is 0 Å². The van der Waals surface area contributed by atoms with Crippen LogP contribution in [0.15, 0.2) is 0 Å². The molecule has 0 nitrogen and oxygen atoms in total. The van der Waals surface area contributed by atoms with Crippen molar-refractivity contribution in [3.63, 3.8) is 0 Å². The van der Waals surface area contributed by atoms with Gasteiger partial charge in [0.15, 0.2) is 0 Å². The SMILES string of the molecule is CC(C)(C)CC1CC(C)(C)CC(C)(CC(C)(C)C)C1. The van der Waals surface area contributed by atoms with Gasteiger partial charge in [-0.2, -0.15) is 0 Å². The fourth-order valence-electron chi connectivity index (χ4n) is 5.28. The summed E-state index contributed by atoms with van der Waals surface area (Å²) in [6.07, 6.45) is 7.01. The summed E-state index contributed by atoms with van der Waals surface area (Å²) in [4.78, 5) is 0. The van der Waals surface area contributed by atoms with Crippen molar-refractivity contribution < 1.29 is 0 Å². The maximum atomic E-state index is 2.55. The van der Waals surface area contributed by atoms with Crippen LogP contribution in [0.5, 0.6) is 0 Å². The summed E-state index contributed by atoms with van der Waals surface area (Å²) in [6, 6.07) is 0. The van der Waals surface area contributed by atoms with Crippen LogP contribution < -0.4 is 0 Å². The summed E-state index contributed by atoms with van der Waals surface area (Å²) in [5.41, 5.74) is 1.99. The Labute approximate surface area is 122 Å². The van der Waals surface area contributed by atoms with E-state index < -0.39 is 0 Å². The highest BCUT2D eigenvalue weighted by molar-refractivity contribution is 4.94. The van der Waals surface area contributed by atoms with Crippen LogP contribution in [0.3, 0.4) is 0 Å². The van der Waals surface area contributed by atoms with Gasteiger partial charge in [0.05, 0.1) is 0 Å². The van der Waals surface area contributed by atoms with Crippen LogP contribution in [0.2, 0.25) is 0 Å². The second-order valence-corrected chi connectivity index (χ2v) is 10.9. The van der Waals surface area contributed by atoms with Crippen molar-refractivity contribution in [2.24, 2.45) is 27.6 Å². The van der Waals surface area contributed by atoms with E-state index in [0.717, 1.165) is 5.92 Å². The van der Waals surface area contributed by atoms with Crippen molar-refractivity contribution >= 4 is 0 Å². The zero-order valence-electron chi connectivity index (χ0n) is 15.1. The Balaban J connectivity index is 2.84. The van der Waals surface area contributed by atoms with Crippen LogP contribution in [0, 0.1) is 27.6 Å². The van der Waals surface area contributed by atoms with Gasteiger partial charge < -0.3 is 0 Å². The van der Waals surface area contributed by atoms with Crippen LogP contribution in [0.1, 0.15) is 94.4 Å². The van der Waals surface area contributed by atoms with Gasteiger partial charge in [0.25, 0.3) is 0 Å². The van der Waals surface area contributed by atoms with E-state index in [2.05, 4.69) is 62.3 Å². The average molecular weight is 267 g/mol. The largest absolute Gasteiger partial charge is 0.0602 e. The second kappa shape index (κ2) is 5.08. The predicted molar refractivity (Wildman–Crippen MR) is 87.4 cm³/mol. The van der Waals surface area contributed by atoms with Crippen LogP contribution in [0.25, 0.3) is 0 Å². The fraction of sp³-hybridized carbons (Fsp3) is 1.00. The first kappa shape index (κ1) is 17.1. The molecule has 1 rings (SSSR count). The Morgan fingerprint density at radius 1 is 0.842 bits per heavy atom. The molecule has 1 aliphatic rings. The summed E-state index contributed by atoms with van der Waals surface area (Å²) in [5.74, 6) is 0.913. The molecule has 0 aromatic rings. The molecule has 1 aliphatic carbocycles. The Morgan fingerprint density at radius 2 is 1.37 bits per heavy atom. The molecule has 2 unspecified atom stereocenters. The molecule has 0 bridgehead atoms. The first-order chi connectivity index (χ1) is 8.20. The van der Waals surface area contributed by atoms with Gasteiger partial charge in [-0.25, -0.2) is 0 Å². The number of hydrogen-bond acceptors (Lipinski definition) is 0. The van der Waals surface area contributed by atoms with E-state index in [0.29, 0.717) is 21.7 Å². The Hall–Kier alpha value is 0. The number of rotatable bonds is 2. The van der Waals surface area contributed by atoms with E-state index in [9.17, 15) is 0 Å². The quantitative estimate of drug-likeness (QED) is 0.522. The zero-order chi connectivity index (χ0) is 15.1. The molecule has 0 aromatic heterocycles. The third-order valence-corrected chi connectivity index (χ3v) is 4.39. The highest BCUT2D eigenvalue weighted by Gasteiger charge is 2.43. The third-order valence-electron chi connectivity index (χ3n) is 4.39. The van der Waals surface area contributed by atoms with Crippen molar-refractivity contribution in [1.29, 1.82) is 0 Å². The average Bonchev–Trinajstić information content (AvgIpc) is 1.87. The lowest BCUT2D eigenvalue weighted by atomic mass is 9.55. The molecule has 0 N–H and O–H groups in total. The molecule has 0 saturated heterocycles. The summed E-state index contributed by atoms with van der Waals surface area (Å²) in [5, 5.41) is 0. The number of hydrogen-bond donors (Lipinski definition) is 0. The van der Waals surface area contributed by atoms with Crippen molar-refractivity contribution in [2.45, 2.75) is 94.4 Å². The van der Waals surface area contributed by atoms with Crippen molar-refractivity contribution in [2.75, 3.05) is 0 Å². The molecule has 0 aromatic carbocycles. The lowest BCUT2D eigenvalue weighted by Crippen LogP contribution is -2.39. The fourth-order valence-corrected chi connectivity index (χ4v) is 5.28. The van der Waals surface area contributed by atoms with Gasteiger partial charge in [0.2, 0.25) is 0 Å². The van der Waals surface area contributed by atoms with E-state index in [4.69, 9.17) is 0 Å². The van der Waals surface area contributed by atoms with Gasteiger partial charge in [0.1, 0.15) is 0 Å². The molecule has 0 radical (unpaired) electrons. The minimum Gasteiger partial charge on any atom is -0.0602 e. The van der Waals surface area contributed by atoms with Gasteiger partial charge in [0, 0.05) is 0 Å². The predicted octanol–water partition coefficient (Wildman–Crippen LogP) is 6.69. The monoisotopic (exact) mass is 266 g/mol. The normalized spacial score (nSPS) is 32.4. The Bertz CT molecular complexity index is 291. The highest BCUT2D eigenvalue weighted by atomic mass is 14.5. The van der Waals surface area contributed by atoms with Crippen molar-refractivity contribution in [1.82, 2.24) is 0 Å². The highest BCUT2D eigenvalue weighted by Crippen LogP contribution is 2.54. The first-order valence-corrected chi connectivity index (χ1v) is 8.20. The van der Waals surface area contributed by atoms with Crippen molar-refractivity contribution in [3.05, 3.63) is 0 Å². The molecular formula is C19H38. The van der Waals surface area contributed by atoms with Crippen LogP contribution in [0.4, 0.5) is 0 Å². The maximum Gasteiger partial charge on any atom is -0.0313 e. The second-order valence-electron chi connectivity index (χ2n) is 10.9. The summed E-state index contributed by atoms with van der Waals surface area (Å²) >= 11 is 0. The first-order valence-electron chi connectivity index (χ1n) is 8.20. The molecule has 1 saturated carbocycles. The van der Waals surface area contributed by atoms with E-state index in [1.165, 1.54) is 32.1 Å². The summed E-state index contributed by atoms with van der Waals surface area (Å²) in [7, 11) is 0. The summed E-state index contributed by atoms with van der Waals surface area (Å²) < 4.78 is 0. The molecular weight excluding hydrogens is 228 g/mol.